The molecule has 1 aromatic carbocycles. The minimum atomic E-state index is -3.29. The van der Waals surface area contributed by atoms with Gasteiger partial charge >= 0.3 is 13.2 Å². The van der Waals surface area contributed by atoms with Crippen LogP contribution in [0.3, 0.4) is 0 Å². The maximum absolute atomic E-state index is 12.8. The molecule has 0 aliphatic carbocycles. The predicted octanol–water partition coefficient (Wildman–Crippen LogP) is 3.90. The van der Waals surface area contributed by atoms with Crippen molar-refractivity contribution in [1.29, 1.82) is 0 Å². The topological polar surface area (TPSA) is 62.5 Å². The van der Waals surface area contributed by atoms with Crippen LogP contribution < -0.4 is 10.1 Å². The molecule has 1 heterocycles. The van der Waals surface area contributed by atoms with Crippen LogP contribution in [0.5, 0.6) is 5.75 Å². The highest BCUT2D eigenvalue weighted by atomic mass is 31.2. The van der Waals surface area contributed by atoms with Crippen molar-refractivity contribution in [3.05, 3.63) is 45.9 Å². The third-order valence-electron chi connectivity index (χ3n) is 3.71. The minimum absolute atomic E-state index is 0.0398. The number of nitrogens with zero attached hydrogens (tertiary/aromatic N) is 2. The number of rotatable bonds is 7. The first kappa shape index (κ1) is 18.6. The Labute approximate surface area is 142 Å². The van der Waals surface area contributed by atoms with Crippen molar-refractivity contribution < 1.29 is 13.6 Å². The van der Waals surface area contributed by atoms with E-state index < -0.39 is 7.60 Å². The molecule has 1 aromatic heterocycles. The molecule has 24 heavy (non-hydrogen) atoms. The van der Waals surface area contributed by atoms with Crippen molar-refractivity contribution in [2.45, 2.75) is 40.2 Å². The number of hydrogen-bond acceptors (Lipinski definition) is 4. The molecule has 1 unspecified atom stereocenters. The molecule has 0 amide bonds. The Morgan fingerprint density at radius 2 is 1.79 bits per heavy atom. The third-order valence-corrected chi connectivity index (χ3v) is 4.91. The number of aryl methyl sites for hydroxylation is 3. The third kappa shape index (κ3) is 4.19. The van der Waals surface area contributed by atoms with E-state index in [4.69, 9.17) is 9.05 Å². The minimum Gasteiger partial charge on any atom is -0.417 e. The van der Waals surface area contributed by atoms with Gasteiger partial charge in [0.2, 0.25) is 5.75 Å². The van der Waals surface area contributed by atoms with Gasteiger partial charge in [-0.05, 0) is 43.5 Å². The van der Waals surface area contributed by atoms with Crippen LogP contribution in [0, 0.1) is 13.8 Å². The van der Waals surface area contributed by atoms with Gasteiger partial charge in [0.25, 0.3) is 0 Å². The number of hydrogen-bond donors (Lipinski definition) is 0. The smallest absolute Gasteiger partial charge is 0.376 e. The van der Waals surface area contributed by atoms with Crippen molar-refractivity contribution in [1.82, 2.24) is 9.36 Å². The highest BCUT2D eigenvalue weighted by Gasteiger charge is 2.22. The fourth-order valence-electron chi connectivity index (χ4n) is 2.57. The van der Waals surface area contributed by atoms with Gasteiger partial charge in [-0.15, -0.1) is 0 Å². The number of aromatic nitrogens is 2. The second-order valence-corrected chi connectivity index (χ2v) is 8.11. The normalized spacial score (nSPS) is 13.7. The largest absolute Gasteiger partial charge is 0.417 e. The zero-order valence-corrected chi connectivity index (χ0v) is 15.8. The van der Waals surface area contributed by atoms with Gasteiger partial charge in [0.1, 0.15) is 0 Å². The van der Waals surface area contributed by atoms with Gasteiger partial charge in [-0.3, -0.25) is 9.48 Å². The quantitative estimate of drug-likeness (QED) is 0.709. The molecule has 0 spiro atoms. The molecule has 2 rings (SSSR count). The second-order valence-electron chi connectivity index (χ2n) is 6.02. The first-order valence-corrected chi connectivity index (χ1v) is 10.0. The van der Waals surface area contributed by atoms with E-state index in [2.05, 4.69) is 13.0 Å². The summed E-state index contributed by atoms with van der Waals surface area (Å²) in [6, 6.07) is 5.95. The molecule has 0 fully saturated rings. The Morgan fingerprint density at radius 1 is 1.17 bits per heavy atom. The summed E-state index contributed by atoms with van der Waals surface area (Å²) in [5.41, 5.74) is 2.57. The molecule has 0 aliphatic heterocycles. The maximum Gasteiger partial charge on any atom is 0.376 e. The van der Waals surface area contributed by atoms with Gasteiger partial charge in [0.15, 0.2) is 0 Å². The first-order chi connectivity index (χ1) is 11.3. The van der Waals surface area contributed by atoms with Crippen LogP contribution >= 0.6 is 7.60 Å². The lowest BCUT2D eigenvalue weighted by Gasteiger charge is -2.12. The molecular formula is C17H25N2O4P. The van der Waals surface area contributed by atoms with Crippen molar-refractivity contribution >= 4 is 7.60 Å². The van der Waals surface area contributed by atoms with Gasteiger partial charge in [0, 0.05) is 20.3 Å². The molecule has 2 aromatic rings. The molecule has 0 saturated carbocycles. The van der Waals surface area contributed by atoms with E-state index in [9.17, 15) is 9.36 Å². The summed E-state index contributed by atoms with van der Waals surface area (Å²) in [5, 5.41) is 0. The fourth-order valence-corrected chi connectivity index (χ4v) is 3.13. The van der Waals surface area contributed by atoms with Crippen LogP contribution in [0.2, 0.25) is 0 Å². The Balaban J connectivity index is 2.57. The van der Waals surface area contributed by atoms with Crippen molar-refractivity contribution in [3.63, 3.8) is 0 Å². The fraction of sp³-hybridized carbons (Fsp3) is 0.471. The predicted molar refractivity (Wildman–Crippen MR) is 95.6 cm³/mol. The molecular weight excluding hydrogens is 327 g/mol. The Morgan fingerprint density at radius 3 is 2.33 bits per heavy atom. The summed E-state index contributed by atoms with van der Waals surface area (Å²) in [5.74, 6) is 0.0398. The molecule has 1 atom stereocenters. The lowest BCUT2D eigenvalue weighted by molar-refractivity contribution is 0.327. The van der Waals surface area contributed by atoms with Crippen LogP contribution in [-0.2, 0) is 15.6 Å². The van der Waals surface area contributed by atoms with Gasteiger partial charge < -0.3 is 9.05 Å². The molecule has 0 saturated heterocycles. The molecule has 7 heteroatoms. The van der Waals surface area contributed by atoms with Gasteiger partial charge in [0.05, 0.1) is 11.9 Å². The highest BCUT2D eigenvalue weighted by Crippen LogP contribution is 2.42. The van der Waals surface area contributed by atoms with Crippen LogP contribution in [0.15, 0.2) is 29.2 Å². The zero-order valence-electron chi connectivity index (χ0n) is 14.9. The molecule has 0 bridgehead atoms. The lowest BCUT2D eigenvalue weighted by Crippen LogP contribution is -2.22. The number of unbranched alkanes of at least 4 members (excludes halogenated alkanes) is 1. The van der Waals surface area contributed by atoms with E-state index in [0.717, 1.165) is 29.7 Å². The molecule has 132 valence electrons. The van der Waals surface area contributed by atoms with Crippen LogP contribution in [0.4, 0.5) is 0 Å². The highest BCUT2D eigenvalue weighted by molar-refractivity contribution is 7.53. The maximum atomic E-state index is 12.8. The lowest BCUT2D eigenvalue weighted by atomic mass is 10.1. The molecule has 6 nitrogen and oxygen atoms in total. The number of benzene rings is 1. The standard InChI is InChI=1S/C17H25N2O4P/c1-6-7-8-18-12-16(23-24(5,21)22-4)17(20)19(18)15-10-13(2)9-14(3)11-15/h9-12H,6-8H2,1-5H3. The summed E-state index contributed by atoms with van der Waals surface area (Å²) in [7, 11) is -1.99. The molecule has 0 radical (unpaired) electrons. The van der Waals surface area contributed by atoms with Crippen LogP contribution in [0.1, 0.15) is 30.9 Å². The van der Waals surface area contributed by atoms with E-state index in [1.807, 2.05) is 30.7 Å². The van der Waals surface area contributed by atoms with Crippen LogP contribution in [-0.4, -0.2) is 23.1 Å². The Hall–Kier alpha value is -1.78. The Bertz CT molecular complexity index is 802. The van der Waals surface area contributed by atoms with Gasteiger partial charge in [-0.25, -0.2) is 9.25 Å². The molecule has 0 N–H and O–H groups in total. The van der Waals surface area contributed by atoms with E-state index in [1.165, 1.54) is 13.8 Å². The van der Waals surface area contributed by atoms with E-state index in [1.54, 1.807) is 10.9 Å². The van der Waals surface area contributed by atoms with Crippen molar-refractivity contribution in [2.24, 2.45) is 0 Å². The Kier molecular flexibility index (Phi) is 5.73. The summed E-state index contributed by atoms with van der Waals surface area (Å²) in [6.45, 7) is 8.08. The SMILES string of the molecule is CCCCn1cc(OP(C)(=O)OC)c(=O)n1-c1cc(C)cc(C)c1. The van der Waals surface area contributed by atoms with Gasteiger partial charge in [-0.1, -0.05) is 19.4 Å². The average Bonchev–Trinajstić information content (AvgIpc) is 2.79. The average molecular weight is 352 g/mol. The summed E-state index contributed by atoms with van der Waals surface area (Å²) in [4.78, 5) is 12.8. The first-order valence-electron chi connectivity index (χ1n) is 8.01. The van der Waals surface area contributed by atoms with Crippen LogP contribution in [0.25, 0.3) is 5.69 Å². The summed E-state index contributed by atoms with van der Waals surface area (Å²) < 4.78 is 25.7. The van der Waals surface area contributed by atoms with Gasteiger partial charge in [-0.2, -0.15) is 0 Å². The van der Waals surface area contributed by atoms with Crippen molar-refractivity contribution in [3.8, 4) is 11.4 Å². The van der Waals surface area contributed by atoms with E-state index in [0.29, 0.717) is 6.54 Å². The monoisotopic (exact) mass is 352 g/mol. The summed E-state index contributed by atoms with van der Waals surface area (Å²) >= 11 is 0. The second kappa shape index (κ2) is 7.41. The van der Waals surface area contributed by atoms with E-state index >= 15 is 0 Å². The molecule has 0 aliphatic rings. The van der Waals surface area contributed by atoms with Crippen molar-refractivity contribution in [2.75, 3.05) is 13.8 Å². The summed E-state index contributed by atoms with van der Waals surface area (Å²) in [6.07, 6.45) is 3.52. The zero-order chi connectivity index (χ0) is 17.9. The van der Waals surface area contributed by atoms with E-state index in [-0.39, 0.29) is 11.3 Å².